The average molecular weight is 781 g/mol. The third-order valence-electron chi connectivity index (χ3n) is 10.9. The van der Waals surface area contributed by atoms with Gasteiger partial charge in [-0.1, -0.05) is 90.7 Å². The summed E-state index contributed by atoms with van der Waals surface area (Å²) in [6.07, 6.45) is 12.8. The Morgan fingerprint density at radius 1 is 0.836 bits per heavy atom. The lowest BCUT2D eigenvalue weighted by atomic mass is 9.92. The number of methoxy groups -OCH3 is 1. The van der Waals surface area contributed by atoms with Crippen LogP contribution in [-0.4, -0.2) is 114 Å². The molecule has 55 heavy (non-hydrogen) atoms. The summed E-state index contributed by atoms with van der Waals surface area (Å²) in [4.78, 5) is 25.7. The fourth-order valence-electron chi connectivity index (χ4n) is 7.76. The third kappa shape index (κ3) is 16.0. The molecule has 0 spiro atoms. The van der Waals surface area contributed by atoms with E-state index in [2.05, 4.69) is 32.9 Å². The fourth-order valence-corrected chi connectivity index (χ4v) is 7.76. The van der Waals surface area contributed by atoms with Crippen LogP contribution in [0.25, 0.3) is 0 Å². The molecule has 3 fully saturated rings. The van der Waals surface area contributed by atoms with Gasteiger partial charge in [-0.15, -0.1) is 0 Å². The number of ether oxygens (including phenoxy) is 7. The van der Waals surface area contributed by atoms with Crippen molar-refractivity contribution in [2.75, 3.05) is 13.7 Å². The van der Waals surface area contributed by atoms with Crippen LogP contribution in [0.2, 0.25) is 0 Å². The van der Waals surface area contributed by atoms with E-state index in [0.717, 1.165) is 38.5 Å². The Labute approximate surface area is 329 Å². The van der Waals surface area contributed by atoms with Gasteiger partial charge in [0.15, 0.2) is 6.29 Å². The zero-order chi connectivity index (χ0) is 40.3. The molecule has 0 aromatic carbocycles. The van der Waals surface area contributed by atoms with Crippen LogP contribution in [-0.2, 0) is 42.7 Å². The van der Waals surface area contributed by atoms with Gasteiger partial charge >= 0.3 is 11.9 Å². The highest BCUT2D eigenvalue weighted by molar-refractivity contribution is 5.82. The van der Waals surface area contributed by atoms with Gasteiger partial charge in [-0.25, -0.2) is 4.79 Å². The Balaban J connectivity index is 0.00000399. The van der Waals surface area contributed by atoms with Crippen molar-refractivity contribution in [1.29, 1.82) is 0 Å². The number of carbonyl (C=O) groups excluding carboxylic acids is 2. The first-order valence-electron chi connectivity index (χ1n) is 21.0. The number of cyclic esters (lactones) is 1. The molecule has 4 aliphatic heterocycles. The largest absolute Gasteiger partial charge is 0.462 e. The van der Waals surface area contributed by atoms with Crippen molar-refractivity contribution in [2.45, 2.75) is 198 Å². The van der Waals surface area contributed by atoms with E-state index in [-0.39, 0.29) is 55.2 Å². The number of allylic oxidation sites excluding steroid dienone is 3. The fraction of sp³-hybridized carbons (Fsp3) is 0.814. The van der Waals surface area contributed by atoms with Gasteiger partial charge in [0.2, 0.25) is 0 Å². The van der Waals surface area contributed by atoms with Gasteiger partial charge in [0.25, 0.3) is 0 Å². The minimum absolute atomic E-state index is 0.0528. The Morgan fingerprint density at radius 2 is 1.58 bits per heavy atom. The van der Waals surface area contributed by atoms with E-state index in [1.165, 1.54) is 13.2 Å². The molecule has 4 bridgehead atoms. The van der Waals surface area contributed by atoms with Crippen molar-refractivity contribution in [1.82, 2.24) is 0 Å². The lowest BCUT2D eigenvalue weighted by molar-refractivity contribution is -0.315. The molecule has 3 N–H and O–H groups in total. The standard InChI is InChI=1S/C41H66O12.C2H6/c1-6-7-8-9-13-18-36(43)48-25-32-24-33(42)35-21-27(3)34(53-35)17-12-10-11-15-26(2)20-30-23-31(22-29(50-30)16-14-19-37(44)51-32)52-41-40(47-5)39(46)38(45)28(4)49-41;1-2/h10-12,14-15,19,26-35,38-42,45-46H,6-9,13,16-18,20-25H2,1-5H3;1-2H3/b12-10-,15-11+,19-14+;/t26-,27-,28-,29-,30+,31+,32-,33-,34-,35-,38-,39+,40+,41-;/m0./s1. The number of rotatable bonds is 11. The Morgan fingerprint density at radius 3 is 2.33 bits per heavy atom. The number of aliphatic hydroxyl groups is 3. The molecule has 0 unspecified atom stereocenters. The minimum atomic E-state index is -1.16. The van der Waals surface area contributed by atoms with Crippen molar-refractivity contribution >= 4 is 11.9 Å². The quantitative estimate of drug-likeness (QED) is 0.160. The van der Waals surface area contributed by atoms with E-state index in [4.69, 9.17) is 33.2 Å². The second-order valence-electron chi connectivity index (χ2n) is 15.5. The lowest BCUT2D eigenvalue weighted by Crippen LogP contribution is -2.59. The third-order valence-corrected chi connectivity index (χ3v) is 10.9. The van der Waals surface area contributed by atoms with E-state index in [0.29, 0.717) is 38.5 Å². The Kier molecular flexibility index (Phi) is 21.7. The zero-order valence-electron chi connectivity index (χ0n) is 34.5. The molecule has 4 rings (SSSR count). The number of unbranched alkanes of at least 4 members (excludes halogenated alkanes) is 4. The van der Waals surface area contributed by atoms with E-state index in [1.54, 1.807) is 13.0 Å². The molecule has 4 heterocycles. The summed E-state index contributed by atoms with van der Waals surface area (Å²) in [5.74, 6) is -0.518. The zero-order valence-corrected chi connectivity index (χ0v) is 34.5. The Bertz CT molecular complexity index is 1190. The SMILES string of the molecule is CC.CCCCCCCC(=O)OC[C@@H]1C[C@H](O)[C@@H]2C[C@H](C)[C@H](C/C=C\C=C\[C@H](C)C[C@@H]3C[C@H](O[C@@H]4O[C@@H](C)[C@H](O)[C@@H](O)[C@H]4OC)C[C@H](C/C=C/C(=O)O1)O3)O2. The summed E-state index contributed by atoms with van der Waals surface area (Å²) in [7, 11) is 1.45. The van der Waals surface area contributed by atoms with E-state index in [1.807, 2.05) is 26.0 Å². The first kappa shape index (κ1) is 47.2. The van der Waals surface area contributed by atoms with Gasteiger partial charge in [0.1, 0.15) is 31.0 Å². The lowest BCUT2D eigenvalue weighted by Gasteiger charge is -2.43. The average Bonchev–Trinajstić information content (AvgIpc) is 3.53. The van der Waals surface area contributed by atoms with Crippen LogP contribution in [0, 0.1) is 11.8 Å². The summed E-state index contributed by atoms with van der Waals surface area (Å²) in [6.45, 7) is 11.9. The maximum Gasteiger partial charge on any atom is 0.330 e. The molecule has 0 saturated carbocycles. The molecule has 12 heteroatoms. The number of hydrogen-bond acceptors (Lipinski definition) is 12. The van der Waals surface area contributed by atoms with Crippen LogP contribution in [0.3, 0.4) is 0 Å². The number of hydrogen-bond donors (Lipinski definition) is 3. The molecule has 12 nitrogen and oxygen atoms in total. The molecular weight excluding hydrogens is 708 g/mol. The number of carbonyl (C=O) groups is 2. The van der Waals surface area contributed by atoms with Crippen molar-refractivity contribution in [3.8, 4) is 0 Å². The van der Waals surface area contributed by atoms with Gasteiger partial charge in [0, 0.05) is 38.9 Å². The molecule has 0 amide bonds. The highest BCUT2D eigenvalue weighted by atomic mass is 16.7. The number of fused-ring (bicyclic) bond motifs is 4. The second kappa shape index (κ2) is 25.3. The summed E-state index contributed by atoms with van der Waals surface area (Å²) in [5, 5.41) is 32.2. The number of aliphatic hydroxyl groups excluding tert-OH is 3. The van der Waals surface area contributed by atoms with E-state index >= 15 is 0 Å². The summed E-state index contributed by atoms with van der Waals surface area (Å²) in [6, 6.07) is 0. The summed E-state index contributed by atoms with van der Waals surface area (Å²) in [5.41, 5.74) is 0. The van der Waals surface area contributed by atoms with Crippen LogP contribution >= 0.6 is 0 Å². The monoisotopic (exact) mass is 781 g/mol. The first-order valence-corrected chi connectivity index (χ1v) is 21.0. The smallest absolute Gasteiger partial charge is 0.330 e. The molecule has 316 valence electrons. The highest BCUT2D eigenvalue weighted by Gasteiger charge is 2.45. The predicted molar refractivity (Wildman–Crippen MR) is 209 cm³/mol. The van der Waals surface area contributed by atoms with Gasteiger partial charge in [-0.05, 0) is 50.9 Å². The Hall–Kier alpha value is -2.16. The second-order valence-corrected chi connectivity index (χ2v) is 15.5. The van der Waals surface area contributed by atoms with Crippen LogP contribution in [0.4, 0.5) is 0 Å². The van der Waals surface area contributed by atoms with Gasteiger partial charge in [0.05, 0.1) is 42.7 Å². The number of esters is 2. The predicted octanol–water partition coefficient (Wildman–Crippen LogP) is 6.28. The maximum atomic E-state index is 13.1. The molecule has 14 atom stereocenters. The van der Waals surface area contributed by atoms with Crippen molar-refractivity contribution in [2.24, 2.45) is 11.8 Å². The van der Waals surface area contributed by atoms with E-state index in [9.17, 15) is 24.9 Å². The molecule has 0 radical (unpaired) electrons. The van der Waals surface area contributed by atoms with Crippen molar-refractivity contribution in [3.05, 3.63) is 36.5 Å². The first-order chi connectivity index (χ1) is 26.5. The van der Waals surface area contributed by atoms with Gasteiger partial charge in [-0.2, -0.15) is 0 Å². The van der Waals surface area contributed by atoms with Crippen molar-refractivity contribution < 1.29 is 58.1 Å². The molecule has 3 saturated heterocycles. The van der Waals surface area contributed by atoms with Crippen LogP contribution in [0.15, 0.2) is 36.5 Å². The summed E-state index contributed by atoms with van der Waals surface area (Å²) >= 11 is 0. The van der Waals surface area contributed by atoms with Gasteiger partial charge < -0.3 is 48.5 Å². The van der Waals surface area contributed by atoms with Crippen molar-refractivity contribution in [3.63, 3.8) is 0 Å². The molecule has 0 aromatic heterocycles. The topological polar surface area (TPSA) is 159 Å². The van der Waals surface area contributed by atoms with E-state index < -0.39 is 55.0 Å². The highest BCUT2D eigenvalue weighted by Crippen LogP contribution is 2.34. The normalized spacial score (nSPS) is 39.3. The molecular formula is C43H72O12. The summed E-state index contributed by atoms with van der Waals surface area (Å²) < 4.78 is 41.9. The van der Waals surface area contributed by atoms with Crippen LogP contribution in [0.5, 0.6) is 0 Å². The minimum Gasteiger partial charge on any atom is -0.462 e. The molecule has 4 aliphatic rings. The van der Waals surface area contributed by atoms with Gasteiger partial charge in [-0.3, -0.25) is 4.79 Å². The van der Waals surface area contributed by atoms with Crippen LogP contribution in [0.1, 0.15) is 125 Å². The molecule has 0 aliphatic carbocycles. The molecule has 0 aromatic rings. The van der Waals surface area contributed by atoms with Crippen LogP contribution < -0.4 is 0 Å². The maximum absolute atomic E-state index is 13.1.